The lowest BCUT2D eigenvalue weighted by Gasteiger charge is -2.13. The highest BCUT2D eigenvalue weighted by molar-refractivity contribution is 9.10. The molecule has 0 saturated carbocycles. The SMILES string of the molecule is N[C@@H](c1ccoc1Br)C(F)(F)F. The maximum absolute atomic E-state index is 12.0. The van der Waals surface area contributed by atoms with Gasteiger partial charge in [-0.2, -0.15) is 13.2 Å². The van der Waals surface area contributed by atoms with E-state index >= 15 is 0 Å². The second-order valence-electron chi connectivity index (χ2n) is 2.17. The molecule has 1 atom stereocenters. The number of halogens is 4. The summed E-state index contributed by atoms with van der Waals surface area (Å²) < 4.78 is 40.7. The molecule has 2 N–H and O–H groups in total. The minimum Gasteiger partial charge on any atom is -0.457 e. The molecule has 0 unspecified atom stereocenters. The number of hydrogen-bond acceptors (Lipinski definition) is 2. The van der Waals surface area contributed by atoms with Gasteiger partial charge >= 0.3 is 6.18 Å². The summed E-state index contributed by atoms with van der Waals surface area (Å²) in [5, 5.41) is 0. The molecule has 6 heteroatoms. The molecule has 1 rings (SSSR count). The van der Waals surface area contributed by atoms with Crippen LogP contribution in [0.25, 0.3) is 0 Å². The number of furan rings is 1. The van der Waals surface area contributed by atoms with Crippen molar-refractivity contribution in [3.63, 3.8) is 0 Å². The van der Waals surface area contributed by atoms with Crippen LogP contribution in [-0.4, -0.2) is 6.18 Å². The topological polar surface area (TPSA) is 39.2 Å². The van der Waals surface area contributed by atoms with Crippen molar-refractivity contribution in [2.45, 2.75) is 12.2 Å². The van der Waals surface area contributed by atoms with E-state index in [1.807, 2.05) is 0 Å². The van der Waals surface area contributed by atoms with Crippen LogP contribution in [0.4, 0.5) is 13.2 Å². The van der Waals surface area contributed by atoms with Gasteiger partial charge in [-0.15, -0.1) is 0 Å². The summed E-state index contributed by atoms with van der Waals surface area (Å²) in [6.45, 7) is 0. The smallest absolute Gasteiger partial charge is 0.407 e. The highest BCUT2D eigenvalue weighted by Crippen LogP contribution is 2.34. The van der Waals surface area contributed by atoms with E-state index in [9.17, 15) is 13.2 Å². The van der Waals surface area contributed by atoms with Gasteiger partial charge in [0.05, 0.1) is 6.26 Å². The lowest BCUT2D eigenvalue weighted by molar-refractivity contribution is -0.149. The first-order valence-corrected chi connectivity index (χ1v) is 3.77. The van der Waals surface area contributed by atoms with Crippen LogP contribution in [0.3, 0.4) is 0 Å². The number of rotatable bonds is 1. The fourth-order valence-electron chi connectivity index (χ4n) is 0.703. The molecule has 0 saturated heterocycles. The predicted octanol–water partition coefficient (Wildman–Crippen LogP) is 2.60. The second kappa shape index (κ2) is 3.10. The van der Waals surface area contributed by atoms with Gasteiger partial charge in [0.25, 0.3) is 0 Å². The Morgan fingerprint density at radius 1 is 1.50 bits per heavy atom. The quantitative estimate of drug-likeness (QED) is 0.824. The van der Waals surface area contributed by atoms with Gasteiger partial charge in [0.15, 0.2) is 4.67 Å². The molecule has 0 bridgehead atoms. The highest BCUT2D eigenvalue weighted by Gasteiger charge is 2.39. The van der Waals surface area contributed by atoms with E-state index in [-0.39, 0.29) is 10.2 Å². The van der Waals surface area contributed by atoms with Crippen LogP contribution in [0, 0.1) is 0 Å². The Morgan fingerprint density at radius 3 is 2.42 bits per heavy atom. The van der Waals surface area contributed by atoms with E-state index in [4.69, 9.17) is 5.73 Å². The van der Waals surface area contributed by atoms with Crippen LogP contribution >= 0.6 is 15.9 Å². The minimum absolute atomic E-state index is 0.0207. The zero-order valence-corrected chi connectivity index (χ0v) is 7.32. The van der Waals surface area contributed by atoms with Gasteiger partial charge in [0.1, 0.15) is 6.04 Å². The van der Waals surface area contributed by atoms with Crippen LogP contribution in [0.1, 0.15) is 11.6 Å². The summed E-state index contributed by atoms with van der Waals surface area (Å²) >= 11 is 2.81. The standard InChI is InChI=1S/C6H5BrF3NO/c7-5-3(1-2-12-5)4(11)6(8,9)10/h1-2,4H,11H2/t4-/m0/s1. The van der Waals surface area contributed by atoms with E-state index < -0.39 is 12.2 Å². The van der Waals surface area contributed by atoms with E-state index in [1.54, 1.807) is 0 Å². The molecule has 0 aromatic carbocycles. The predicted molar refractivity (Wildman–Crippen MR) is 39.4 cm³/mol. The van der Waals surface area contributed by atoms with Crippen LogP contribution < -0.4 is 5.73 Å². The molecule has 0 radical (unpaired) electrons. The van der Waals surface area contributed by atoms with E-state index in [0.717, 1.165) is 6.26 Å². The zero-order chi connectivity index (χ0) is 9.35. The van der Waals surface area contributed by atoms with Gasteiger partial charge in [-0.1, -0.05) is 0 Å². The Bertz CT molecular complexity index is 270. The fourth-order valence-corrected chi connectivity index (χ4v) is 1.19. The third-order valence-corrected chi connectivity index (χ3v) is 1.98. The number of hydrogen-bond donors (Lipinski definition) is 1. The molecular weight excluding hydrogens is 239 g/mol. The number of alkyl halides is 3. The largest absolute Gasteiger partial charge is 0.457 e. The fraction of sp³-hybridized carbons (Fsp3) is 0.333. The first-order chi connectivity index (χ1) is 5.43. The molecule has 1 aromatic heterocycles. The summed E-state index contributed by atoms with van der Waals surface area (Å²) in [7, 11) is 0. The van der Waals surface area contributed by atoms with Crippen molar-refractivity contribution >= 4 is 15.9 Å². The first kappa shape index (κ1) is 9.60. The summed E-state index contributed by atoms with van der Waals surface area (Å²) in [5.74, 6) is 0. The Labute approximate surface area is 74.7 Å². The molecule has 0 amide bonds. The Morgan fingerprint density at radius 2 is 2.08 bits per heavy atom. The van der Waals surface area contributed by atoms with Gasteiger partial charge in [-0.3, -0.25) is 0 Å². The van der Waals surface area contributed by atoms with E-state index in [0.29, 0.717) is 0 Å². The summed E-state index contributed by atoms with van der Waals surface area (Å²) in [6, 6.07) is -0.812. The van der Waals surface area contributed by atoms with E-state index in [2.05, 4.69) is 20.3 Å². The van der Waals surface area contributed by atoms with Crippen LogP contribution in [0.15, 0.2) is 21.4 Å². The van der Waals surface area contributed by atoms with Gasteiger partial charge in [-0.25, -0.2) is 0 Å². The monoisotopic (exact) mass is 243 g/mol. The van der Waals surface area contributed by atoms with Crippen LogP contribution in [-0.2, 0) is 0 Å². The van der Waals surface area contributed by atoms with Crippen molar-refractivity contribution in [1.29, 1.82) is 0 Å². The van der Waals surface area contributed by atoms with Crippen LogP contribution in [0.5, 0.6) is 0 Å². The average Bonchev–Trinajstić information content (AvgIpc) is 2.31. The first-order valence-electron chi connectivity index (χ1n) is 2.98. The molecule has 1 heterocycles. The highest BCUT2D eigenvalue weighted by atomic mass is 79.9. The second-order valence-corrected chi connectivity index (χ2v) is 2.89. The lowest BCUT2D eigenvalue weighted by atomic mass is 10.1. The molecule has 1 aromatic rings. The molecule has 2 nitrogen and oxygen atoms in total. The zero-order valence-electron chi connectivity index (χ0n) is 5.73. The van der Waals surface area contributed by atoms with Gasteiger partial charge in [-0.05, 0) is 22.0 Å². The Kier molecular flexibility index (Phi) is 2.48. The molecule has 0 aliphatic carbocycles. The Balaban J connectivity index is 2.92. The average molecular weight is 244 g/mol. The third kappa shape index (κ3) is 1.81. The van der Waals surface area contributed by atoms with Crippen molar-refractivity contribution in [2.24, 2.45) is 5.73 Å². The third-order valence-electron chi connectivity index (χ3n) is 1.33. The molecular formula is C6H5BrF3NO. The van der Waals surface area contributed by atoms with Gasteiger partial charge < -0.3 is 10.2 Å². The number of nitrogens with two attached hydrogens (primary N) is 1. The maximum atomic E-state index is 12.0. The van der Waals surface area contributed by atoms with Gasteiger partial charge in [0.2, 0.25) is 0 Å². The molecule has 0 spiro atoms. The molecule has 0 aliphatic rings. The molecule has 12 heavy (non-hydrogen) atoms. The van der Waals surface area contributed by atoms with Crippen molar-refractivity contribution in [1.82, 2.24) is 0 Å². The molecule has 68 valence electrons. The van der Waals surface area contributed by atoms with Crippen molar-refractivity contribution < 1.29 is 17.6 Å². The summed E-state index contributed by atoms with van der Waals surface area (Å²) in [5.41, 5.74) is 4.81. The van der Waals surface area contributed by atoms with Crippen molar-refractivity contribution in [3.8, 4) is 0 Å². The van der Waals surface area contributed by atoms with E-state index in [1.165, 1.54) is 6.07 Å². The van der Waals surface area contributed by atoms with Crippen molar-refractivity contribution in [2.75, 3.05) is 0 Å². The summed E-state index contributed by atoms with van der Waals surface area (Å²) in [4.78, 5) is 0. The van der Waals surface area contributed by atoms with Crippen molar-refractivity contribution in [3.05, 3.63) is 22.6 Å². The molecule has 0 aliphatic heterocycles. The normalized spacial score (nSPS) is 14.8. The minimum atomic E-state index is -4.44. The van der Waals surface area contributed by atoms with Crippen LogP contribution in [0.2, 0.25) is 0 Å². The summed E-state index contributed by atoms with van der Waals surface area (Å²) in [6.07, 6.45) is -3.29. The Hall–Kier alpha value is -0.490. The maximum Gasteiger partial charge on any atom is 0.407 e. The van der Waals surface area contributed by atoms with Gasteiger partial charge in [0, 0.05) is 5.56 Å². The molecule has 0 fully saturated rings. The lowest BCUT2D eigenvalue weighted by Crippen LogP contribution is -2.28.